The number of hydrogen-bond acceptors (Lipinski definition) is 0. The molecule has 0 radical (unpaired) electrons. The van der Waals surface area contributed by atoms with Crippen molar-refractivity contribution in [3.05, 3.63) is 78.9 Å². The molecule has 0 amide bonds. The molecule has 1 heteroatoms. The molecule has 0 aromatic heterocycles. The summed E-state index contributed by atoms with van der Waals surface area (Å²) in [4.78, 5) is 0. The first kappa shape index (κ1) is 13.7. The minimum Gasteiger partial charge on any atom is -0.0819 e. The Morgan fingerprint density at radius 2 is 0.952 bits per heavy atom. The van der Waals surface area contributed by atoms with Crippen LogP contribution < -0.4 is 5.46 Å². The molecule has 0 unspecified atom stereocenters. The molecule has 0 aliphatic carbocycles. The maximum Gasteiger partial charge on any atom is 0.171 e. The third-order valence-corrected chi connectivity index (χ3v) is 3.85. The van der Waals surface area contributed by atoms with Crippen LogP contribution in [0.2, 0.25) is 13.6 Å². The summed E-state index contributed by atoms with van der Waals surface area (Å²) >= 11 is 0. The fourth-order valence-electron chi connectivity index (χ4n) is 2.93. The van der Waals surface area contributed by atoms with E-state index in [9.17, 15) is 0 Å². The average Bonchev–Trinajstić information content (AvgIpc) is 2.55. The number of benzene rings is 3. The third kappa shape index (κ3) is 2.78. The summed E-state index contributed by atoms with van der Waals surface area (Å²) in [6, 6.07) is 28.0. The molecule has 0 nitrogen and oxygen atoms in total. The molecule has 102 valence electrons. The molecule has 0 fully saturated rings. The van der Waals surface area contributed by atoms with Gasteiger partial charge in [-0.1, -0.05) is 98.0 Å². The van der Waals surface area contributed by atoms with E-state index in [1.165, 1.54) is 27.7 Å². The fraction of sp³-hybridized carbons (Fsp3) is 0.100. The number of hydrogen-bond donors (Lipinski definition) is 0. The van der Waals surface area contributed by atoms with E-state index in [2.05, 4.69) is 92.5 Å². The van der Waals surface area contributed by atoms with E-state index in [1.54, 1.807) is 0 Å². The third-order valence-electron chi connectivity index (χ3n) is 3.85. The van der Waals surface area contributed by atoms with Gasteiger partial charge in [-0.25, -0.2) is 0 Å². The van der Waals surface area contributed by atoms with Crippen LogP contribution in [-0.4, -0.2) is 6.71 Å². The van der Waals surface area contributed by atoms with E-state index < -0.39 is 0 Å². The summed E-state index contributed by atoms with van der Waals surface area (Å²) in [6.07, 6.45) is 0. The second-order valence-corrected chi connectivity index (χ2v) is 5.65. The number of rotatable bonds is 3. The van der Waals surface area contributed by atoms with Crippen molar-refractivity contribution in [1.29, 1.82) is 0 Å². The zero-order valence-corrected chi connectivity index (χ0v) is 12.6. The van der Waals surface area contributed by atoms with Crippen LogP contribution >= 0.6 is 0 Å². The van der Waals surface area contributed by atoms with E-state index in [-0.39, 0.29) is 0 Å². The Labute approximate surface area is 127 Å². The van der Waals surface area contributed by atoms with Crippen molar-refractivity contribution in [1.82, 2.24) is 0 Å². The summed E-state index contributed by atoms with van der Waals surface area (Å²) in [5.41, 5.74) is 6.69. The largest absolute Gasteiger partial charge is 0.171 e. The lowest BCUT2D eigenvalue weighted by Crippen LogP contribution is -2.27. The van der Waals surface area contributed by atoms with Gasteiger partial charge < -0.3 is 0 Å². The molecule has 0 saturated carbocycles. The molecular weight excluding hydrogens is 251 g/mol. The SMILES string of the molecule is CB(C)c1c(-c2ccccc2)cccc1-c1ccccc1. The summed E-state index contributed by atoms with van der Waals surface area (Å²) in [6.45, 7) is 5.03. The summed E-state index contributed by atoms with van der Waals surface area (Å²) in [5, 5.41) is 0. The Morgan fingerprint density at radius 1 is 0.524 bits per heavy atom. The van der Waals surface area contributed by atoms with Gasteiger partial charge in [0.15, 0.2) is 6.71 Å². The van der Waals surface area contributed by atoms with Gasteiger partial charge in [-0.15, -0.1) is 0 Å². The minimum atomic E-state index is 0.483. The molecule has 0 aliphatic rings. The molecule has 0 atom stereocenters. The Bertz CT molecular complexity index is 658. The first-order valence-corrected chi connectivity index (χ1v) is 7.51. The topological polar surface area (TPSA) is 0 Å². The highest BCUT2D eigenvalue weighted by Crippen LogP contribution is 2.25. The van der Waals surface area contributed by atoms with Gasteiger partial charge in [0.05, 0.1) is 0 Å². The molecule has 3 aromatic rings. The molecule has 3 aromatic carbocycles. The molecular formula is C20H19B. The van der Waals surface area contributed by atoms with Gasteiger partial charge in [0, 0.05) is 0 Å². The predicted molar refractivity (Wildman–Crippen MR) is 94.4 cm³/mol. The van der Waals surface area contributed by atoms with Crippen molar-refractivity contribution in [2.45, 2.75) is 13.6 Å². The van der Waals surface area contributed by atoms with Crippen molar-refractivity contribution >= 4 is 12.2 Å². The average molecular weight is 270 g/mol. The lowest BCUT2D eigenvalue weighted by Gasteiger charge is -2.17. The maximum absolute atomic E-state index is 2.27. The Balaban J connectivity index is 2.24. The van der Waals surface area contributed by atoms with Crippen molar-refractivity contribution in [3.63, 3.8) is 0 Å². The zero-order chi connectivity index (χ0) is 14.7. The first-order valence-electron chi connectivity index (χ1n) is 7.51. The smallest absolute Gasteiger partial charge is 0.0819 e. The van der Waals surface area contributed by atoms with E-state index in [0.29, 0.717) is 6.71 Å². The van der Waals surface area contributed by atoms with E-state index in [0.717, 1.165) is 0 Å². The summed E-state index contributed by atoms with van der Waals surface area (Å²) in [7, 11) is 0. The van der Waals surface area contributed by atoms with Crippen LogP contribution in [-0.2, 0) is 0 Å². The van der Waals surface area contributed by atoms with Gasteiger partial charge in [-0.05, 0) is 22.3 Å². The molecule has 0 spiro atoms. The summed E-state index contributed by atoms with van der Waals surface area (Å²) in [5.74, 6) is 0. The highest BCUT2D eigenvalue weighted by atomic mass is 14.1. The molecule has 0 N–H and O–H groups in total. The van der Waals surface area contributed by atoms with Crippen molar-refractivity contribution in [2.24, 2.45) is 0 Å². The van der Waals surface area contributed by atoms with Gasteiger partial charge in [-0.3, -0.25) is 0 Å². The van der Waals surface area contributed by atoms with Gasteiger partial charge in [-0.2, -0.15) is 0 Å². The highest BCUT2D eigenvalue weighted by Gasteiger charge is 2.16. The highest BCUT2D eigenvalue weighted by molar-refractivity contribution is 6.73. The minimum absolute atomic E-state index is 0.483. The Morgan fingerprint density at radius 3 is 1.33 bits per heavy atom. The lowest BCUT2D eigenvalue weighted by molar-refractivity contribution is 1.61. The van der Waals surface area contributed by atoms with Crippen LogP contribution in [0, 0.1) is 0 Å². The van der Waals surface area contributed by atoms with Gasteiger partial charge in [0.2, 0.25) is 0 Å². The van der Waals surface area contributed by atoms with Crippen LogP contribution in [0.3, 0.4) is 0 Å². The Hall–Kier alpha value is -2.28. The van der Waals surface area contributed by atoms with Crippen LogP contribution in [0.15, 0.2) is 78.9 Å². The molecule has 3 rings (SSSR count). The van der Waals surface area contributed by atoms with Gasteiger partial charge >= 0.3 is 0 Å². The van der Waals surface area contributed by atoms with E-state index in [4.69, 9.17) is 0 Å². The molecule has 0 aliphatic heterocycles. The second kappa shape index (κ2) is 6.01. The molecule has 0 bridgehead atoms. The van der Waals surface area contributed by atoms with Crippen LogP contribution in [0.4, 0.5) is 0 Å². The zero-order valence-electron chi connectivity index (χ0n) is 12.6. The molecule has 0 heterocycles. The van der Waals surface area contributed by atoms with Gasteiger partial charge in [0.25, 0.3) is 0 Å². The standard InChI is InChI=1S/C20H19B/c1-21(2)20-18(16-10-5-3-6-11-16)14-9-15-19(20)17-12-7-4-8-13-17/h3-15H,1-2H3. The van der Waals surface area contributed by atoms with Crippen LogP contribution in [0.1, 0.15) is 0 Å². The predicted octanol–water partition coefficient (Wildman–Crippen LogP) is 4.98. The van der Waals surface area contributed by atoms with E-state index in [1.807, 2.05) is 0 Å². The van der Waals surface area contributed by atoms with Crippen LogP contribution in [0.5, 0.6) is 0 Å². The molecule has 21 heavy (non-hydrogen) atoms. The lowest BCUT2D eigenvalue weighted by atomic mass is 9.46. The molecule has 0 saturated heterocycles. The maximum atomic E-state index is 2.27. The fourth-order valence-corrected chi connectivity index (χ4v) is 2.93. The van der Waals surface area contributed by atoms with Crippen LogP contribution in [0.25, 0.3) is 22.3 Å². The summed E-state index contributed by atoms with van der Waals surface area (Å²) < 4.78 is 0. The first-order chi connectivity index (χ1) is 10.3. The normalized spacial score (nSPS) is 10.4. The van der Waals surface area contributed by atoms with Crippen molar-refractivity contribution in [3.8, 4) is 22.3 Å². The monoisotopic (exact) mass is 270 g/mol. The second-order valence-electron chi connectivity index (χ2n) is 5.65. The quantitative estimate of drug-likeness (QED) is 0.589. The van der Waals surface area contributed by atoms with E-state index >= 15 is 0 Å². The Kier molecular flexibility index (Phi) is 3.92. The van der Waals surface area contributed by atoms with Crippen molar-refractivity contribution in [2.75, 3.05) is 0 Å². The van der Waals surface area contributed by atoms with Gasteiger partial charge in [0.1, 0.15) is 0 Å². The van der Waals surface area contributed by atoms with Crippen molar-refractivity contribution < 1.29 is 0 Å².